The van der Waals surface area contributed by atoms with Crippen molar-refractivity contribution in [2.75, 3.05) is 14.2 Å². The molecule has 0 aliphatic carbocycles. The second kappa shape index (κ2) is 6.54. The number of pyridine rings is 2. The fourth-order valence-electron chi connectivity index (χ4n) is 2.61. The van der Waals surface area contributed by atoms with Crippen molar-refractivity contribution in [3.63, 3.8) is 0 Å². The van der Waals surface area contributed by atoms with Gasteiger partial charge in [0.05, 0.1) is 19.7 Å². The third-order valence-electron chi connectivity index (χ3n) is 3.60. The van der Waals surface area contributed by atoms with Crippen molar-refractivity contribution in [3.8, 4) is 11.8 Å². The first-order chi connectivity index (χ1) is 11.1. The molecule has 0 saturated heterocycles. The fraction of sp³-hybridized carbons (Fsp3) is 0.222. The molecule has 0 unspecified atom stereocenters. The highest BCUT2D eigenvalue weighted by atomic mass is 79.9. The molecule has 3 aromatic rings. The van der Waals surface area contributed by atoms with E-state index in [0.717, 1.165) is 32.2 Å². The molecule has 0 spiro atoms. The summed E-state index contributed by atoms with van der Waals surface area (Å²) in [4.78, 5) is 8.93. The lowest BCUT2D eigenvalue weighted by atomic mass is 10.0. The predicted octanol–water partition coefficient (Wildman–Crippen LogP) is 4.31. The van der Waals surface area contributed by atoms with Gasteiger partial charge in [0.1, 0.15) is 0 Å². The van der Waals surface area contributed by atoms with Gasteiger partial charge in [-0.25, -0.2) is 9.97 Å². The van der Waals surface area contributed by atoms with Crippen LogP contribution in [-0.2, 0) is 6.42 Å². The maximum Gasteiger partial charge on any atom is 0.217 e. The molecule has 2 aromatic heterocycles. The van der Waals surface area contributed by atoms with E-state index < -0.39 is 0 Å². The lowest BCUT2D eigenvalue weighted by molar-refractivity contribution is 0.393. The van der Waals surface area contributed by atoms with Gasteiger partial charge in [-0.3, -0.25) is 0 Å². The van der Waals surface area contributed by atoms with Gasteiger partial charge in [-0.15, -0.1) is 0 Å². The van der Waals surface area contributed by atoms with Crippen LogP contribution in [0.3, 0.4) is 0 Å². The molecule has 5 heteroatoms. The molecule has 0 saturated carbocycles. The van der Waals surface area contributed by atoms with Crippen LogP contribution >= 0.6 is 15.9 Å². The summed E-state index contributed by atoms with van der Waals surface area (Å²) in [6, 6.07) is 12.1. The molecule has 4 nitrogen and oxygen atoms in total. The van der Waals surface area contributed by atoms with E-state index in [1.165, 1.54) is 0 Å². The highest BCUT2D eigenvalue weighted by molar-refractivity contribution is 9.10. The zero-order chi connectivity index (χ0) is 16.4. The molecule has 3 rings (SSSR count). The number of hydrogen-bond acceptors (Lipinski definition) is 4. The Morgan fingerprint density at radius 1 is 1.00 bits per heavy atom. The summed E-state index contributed by atoms with van der Waals surface area (Å²) < 4.78 is 11.8. The van der Waals surface area contributed by atoms with Crippen LogP contribution in [0.4, 0.5) is 0 Å². The number of ether oxygens (including phenoxy) is 2. The number of halogens is 1. The number of fused-ring (bicyclic) bond motifs is 1. The Bertz CT molecular complexity index is 865. The first-order valence-corrected chi connectivity index (χ1v) is 8.03. The molecule has 0 bridgehead atoms. The fourth-order valence-corrected chi connectivity index (χ4v) is 2.99. The molecule has 0 aliphatic heterocycles. The molecule has 0 radical (unpaired) electrons. The summed E-state index contributed by atoms with van der Waals surface area (Å²) in [5.41, 5.74) is 3.99. The molecule has 0 N–H and O–H groups in total. The zero-order valence-electron chi connectivity index (χ0n) is 13.3. The van der Waals surface area contributed by atoms with Crippen LogP contribution in [-0.4, -0.2) is 24.2 Å². The second-order valence-corrected chi connectivity index (χ2v) is 6.25. The Labute approximate surface area is 143 Å². The Kier molecular flexibility index (Phi) is 4.48. The van der Waals surface area contributed by atoms with E-state index in [0.29, 0.717) is 18.2 Å². The van der Waals surface area contributed by atoms with Crippen LogP contribution in [0.2, 0.25) is 0 Å². The molecule has 0 amide bonds. The monoisotopic (exact) mass is 372 g/mol. The third kappa shape index (κ3) is 3.45. The number of methoxy groups -OCH3 is 2. The van der Waals surface area contributed by atoms with E-state index >= 15 is 0 Å². The predicted molar refractivity (Wildman–Crippen MR) is 94.3 cm³/mol. The van der Waals surface area contributed by atoms with Crippen molar-refractivity contribution in [3.05, 3.63) is 57.7 Å². The minimum atomic E-state index is 0.621. The summed E-state index contributed by atoms with van der Waals surface area (Å²) >= 11 is 3.50. The molecule has 0 fully saturated rings. The lowest BCUT2D eigenvalue weighted by Crippen LogP contribution is -1.99. The molecule has 118 valence electrons. The van der Waals surface area contributed by atoms with Crippen molar-refractivity contribution < 1.29 is 9.47 Å². The van der Waals surface area contributed by atoms with Crippen molar-refractivity contribution in [1.82, 2.24) is 9.97 Å². The molecule has 23 heavy (non-hydrogen) atoms. The molecular formula is C18H17BrN2O2. The van der Waals surface area contributed by atoms with Crippen LogP contribution < -0.4 is 9.47 Å². The van der Waals surface area contributed by atoms with Crippen LogP contribution in [0, 0.1) is 6.92 Å². The van der Waals surface area contributed by atoms with Crippen LogP contribution in [0.25, 0.3) is 10.9 Å². The van der Waals surface area contributed by atoms with Crippen LogP contribution in [0.5, 0.6) is 11.8 Å². The number of benzene rings is 1. The Morgan fingerprint density at radius 2 is 1.83 bits per heavy atom. The first-order valence-electron chi connectivity index (χ1n) is 7.24. The van der Waals surface area contributed by atoms with Gasteiger partial charge in [0.15, 0.2) is 0 Å². The highest BCUT2D eigenvalue weighted by Crippen LogP contribution is 2.27. The summed E-state index contributed by atoms with van der Waals surface area (Å²) in [6.07, 6.45) is 0.707. The smallest absolute Gasteiger partial charge is 0.217 e. The topological polar surface area (TPSA) is 44.2 Å². The van der Waals surface area contributed by atoms with Gasteiger partial charge < -0.3 is 9.47 Å². The van der Waals surface area contributed by atoms with Crippen molar-refractivity contribution in [2.45, 2.75) is 13.3 Å². The Hall–Kier alpha value is -2.14. The lowest BCUT2D eigenvalue weighted by Gasteiger charge is -2.11. The minimum absolute atomic E-state index is 0.621. The molecular weight excluding hydrogens is 356 g/mol. The van der Waals surface area contributed by atoms with Gasteiger partial charge in [-0.05, 0) is 42.8 Å². The standard InChI is InChI=1S/C18H17BrN2O2/c1-11-6-12(8-17(20-11)22-2)7-14-9-13-10-15(19)4-5-16(13)21-18(14)23-3/h4-6,8-10H,7H2,1-3H3. The quantitative estimate of drug-likeness (QED) is 0.684. The number of hydrogen-bond donors (Lipinski definition) is 0. The summed E-state index contributed by atoms with van der Waals surface area (Å²) in [7, 11) is 3.27. The van der Waals surface area contributed by atoms with E-state index in [1.54, 1.807) is 14.2 Å². The van der Waals surface area contributed by atoms with Gasteiger partial charge in [0.25, 0.3) is 0 Å². The first kappa shape index (κ1) is 15.7. The van der Waals surface area contributed by atoms with Crippen LogP contribution in [0.1, 0.15) is 16.8 Å². The maximum absolute atomic E-state index is 5.47. The van der Waals surface area contributed by atoms with E-state index in [9.17, 15) is 0 Å². The van der Waals surface area contributed by atoms with Gasteiger partial charge in [0.2, 0.25) is 11.8 Å². The minimum Gasteiger partial charge on any atom is -0.481 e. The van der Waals surface area contributed by atoms with Gasteiger partial charge >= 0.3 is 0 Å². The van der Waals surface area contributed by atoms with Gasteiger partial charge in [0, 0.05) is 33.6 Å². The third-order valence-corrected chi connectivity index (χ3v) is 4.10. The number of aromatic nitrogens is 2. The molecule has 0 atom stereocenters. The van der Waals surface area contributed by atoms with Crippen molar-refractivity contribution in [1.29, 1.82) is 0 Å². The van der Waals surface area contributed by atoms with E-state index in [-0.39, 0.29) is 0 Å². The van der Waals surface area contributed by atoms with E-state index in [4.69, 9.17) is 9.47 Å². The molecule has 1 aromatic carbocycles. The normalized spacial score (nSPS) is 10.8. The number of aryl methyl sites for hydroxylation is 1. The van der Waals surface area contributed by atoms with E-state index in [1.807, 2.05) is 31.2 Å². The zero-order valence-corrected chi connectivity index (χ0v) is 14.8. The molecule has 2 heterocycles. The largest absolute Gasteiger partial charge is 0.481 e. The van der Waals surface area contributed by atoms with Gasteiger partial charge in [-0.1, -0.05) is 15.9 Å². The summed E-state index contributed by atoms with van der Waals surface area (Å²) in [5.74, 6) is 1.27. The Balaban J connectivity index is 2.06. The maximum atomic E-state index is 5.47. The summed E-state index contributed by atoms with van der Waals surface area (Å²) in [5, 5.41) is 1.08. The van der Waals surface area contributed by atoms with Crippen LogP contribution in [0.15, 0.2) is 40.9 Å². The van der Waals surface area contributed by atoms with Crippen molar-refractivity contribution >= 4 is 26.8 Å². The molecule has 0 aliphatic rings. The Morgan fingerprint density at radius 3 is 2.57 bits per heavy atom. The summed E-state index contributed by atoms with van der Waals surface area (Å²) in [6.45, 7) is 1.96. The average molecular weight is 373 g/mol. The number of nitrogens with zero attached hydrogens (tertiary/aromatic N) is 2. The van der Waals surface area contributed by atoms with E-state index in [2.05, 4.69) is 38.0 Å². The highest BCUT2D eigenvalue weighted by Gasteiger charge is 2.10. The number of rotatable bonds is 4. The second-order valence-electron chi connectivity index (χ2n) is 5.33. The van der Waals surface area contributed by atoms with Crippen molar-refractivity contribution in [2.24, 2.45) is 0 Å². The van der Waals surface area contributed by atoms with Gasteiger partial charge in [-0.2, -0.15) is 0 Å². The SMILES string of the molecule is COc1cc(Cc2cc3cc(Br)ccc3nc2OC)cc(C)n1. The average Bonchev–Trinajstić information content (AvgIpc) is 2.53.